The number of anilines is 3. The topological polar surface area (TPSA) is 101 Å². The van der Waals surface area contributed by atoms with Crippen LogP contribution >= 0.6 is 0 Å². The number of aromatic nitrogens is 5. The zero-order valence-corrected chi connectivity index (χ0v) is 14.2. The average molecular weight is 353 g/mol. The number of rotatable bonds is 3. The van der Waals surface area contributed by atoms with Crippen LogP contribution in [0.3, 0.4) is 0 Å². The third kappa shape index (κ3) is 2.53. The minimum atomic E-state index is -2.61. The van der Waals surface area contributed by atoms with Gasteiger partial charge in [-0.15, -0.1) is 0 Å². The molecule has 3 heterocycles. The lowest BCUT2D eigenvalue weighted by atomic mass is 10.1. The molecule has 0 bridgehead atoms. The molecule has 26 heavy (non-hydrogen) atoms. The van der Waals surface area contributed by atoms with Crippen LogP contribution in [0.25, 0.3) is 5.69 Å². The maximum atomic E-state index is 12.4. The molecular formula is C17H18N8O. The van der Waals surface area contributed by atoms with Gasteiger partial charge >= 0.3 is 0 Å². The number of fused-ring (bicyclic) bond motifs is 3. The third-order valence-corrected chi connectivity index (χ3v) is 4.11. The van der Waals surface area contributed by atoms with Crippen molar-refractivity contribution in [1.82, 2.24) is 30.0 Å². The minimum Gasteiger partial charge on any atom is -0.364 e. The summed E-state index contributed by atoms with van der Waals surface area (Å²) in [5.41, 5.74) is 2.40. The van der Waals surface area contributed by atoms with Gasteiger partial charge in [-0.1, -0.05) is 6.07 Å². The van der Waals surface area contributed by atoms with E-state index in [1.54, 1.807) is 4.68 Å². The smallest absolute Gasteiger partial charge is 0.256 e. The maximum Gasteiger partial charge on any atom is 0.256 e. The Kier molecular flexibility index (Phi) is 3.01. The summed E-state index contributed by atoms with van der Waals surface area (Å²) in [6.45, 7) is -0.218. The zero-order chi connectivity index (χ0) is 20.8. The van der Waals surface area contributed by atoms with Gasteiger partial charge in [-0.25, -0.2) is 19.6 Å². The number of nitrogens with one attached hydrogen (secondary N) is 2. The van der Waals surface area contributed by atoms with Crippen molar-refractivity contribution >= 4 is 23.1 Å². The molecule has 132 valence electrons. The predicted molar refractivity (Wildman–Crippen MR) is 96.9 cm³/mol. The number of para-hydroxylation sites is 1. The van der Waals surface area contributed by atoms with Gasteiger partial charge in [0.15, 0.2) is 5.82 Å². The van der Waals surface area contributed by atoms with Gasteiger partial charge in [-0.3, -0.25) is 4.79 Å². The fourth-order valence-corrected chi connectivity index (χ4v) is 3.04. The quantitative estimate of drug-likeness (QED) is 0.734. The van der Waals surface area contributed by atoms with Crippen molar-refractivity contribution in [2.45, 2.75) is 13.5 Å². The summed E-state index contributed by atoms with van der Waals surface area (Å²) in [4.78, 5) is 26.8. The van der Waals surface area contributed by atoms with Gasteiger partial charge in [0.2, 0.25) is 0 Å². The minimum absolute atomic E-state index is 0.0250. The fraction of sp³-hybridized carbons (Fsp3) is 0.235. The van der Waals surface area contributed by atoms with E-state index in [1.807, 2.05) is 42.4 Å². The van der Waals surface area contributed by atoms with Gasteiger partial charge in [-0.05, 0) is 19.1 Å². The monoisotopic (exact) mass is 353 g/mol. The molecule has 0 fully saturated rings. The van der Waals surface area contributed by atoms with E-state index in [9.17, 15) is 4.79 Å². The highest BCUT2D eigenvalue weighted by atomic mass is 16.1. The van der Waals surface area contributed by atoms with Crippen molar-refractivity contribution in [3.8, 4) is 5.69 Å². The molecule has 0 saturated heterocycles. The number of carbonyl (C=O) groups is 1. The molecule has 0 atom stereocenters. The second-order valence-electron chi connectivity index (χ2n) is 5.88. The van der Waals surface area contributed by atoms with Crippen LogP contribution in [0.1, 0.15) is 26.1 Å². The van der Waals surface area contributed by atoms with Gasteiger partial charge in [-0.2, -0.15) is 5.10 Å². The molecule has 2 N–H and O–H groups in total. The lowest BCUT2D eigenvalue weighted by Gasteiger charge is -2.29. The van der Waals surface area contributed by atoms with Crippen LogP contribution in [0, 0.1) is 6.92 Å². The highest BCUT2D eigenvalue weighted by molar-refractivity contribution is 5.99. The van der Waals surface area contributed by atoms with Crippen LogP contribution in [0.4, 0.5) is 17.2 Å². The predicted octanol–water partition coefficient (Wildman–Crippen LogP) is 1.42. The van der Waals surface area contributed by atoms with E-state index in [2.05, 4.69) is 25.4 Å². The van der Waals surface area contributed by atoms with E-state index in [-0.39, 0.29) is 11.4 Å². The first kappa shape index (κ1) is 12.8. The number of hydrogen-bond donors (Lipinski definition) is 2. The molecule has 1 amide bonds. The summed E-state index contributed by atoms with van der Waals surface area (Å²) in [5, 5.41) is 9.55. The number of hydrogen-bond acceptors (Lipinski definition) is 7. The Labute approximate surface area is 154 Å². The molecule has 0 radical (unpaired) electrons. The summed E-state index contributed by atoms with van der Waals surface area (Å²) < 4.78 is 23.5. The van der Waals surface area contributed by atoms with E-state index in [0.717, 1.165) is 17.2 Å². The van der Waals surface area contributed by atoms with Gasteiger partial charge in [0.05, 0.1) is 23.6 Å². The fourth-order valence-electron chi connectivity index (χ4n) is 3.04. The molecule has 0 aliphatic carbocycles. The van der Waals surface area contributed by atoms with Crippen molar-refractivity contribution in [1.29, 1.82) is 0 Å². The number of carbonyl (C=O) groups excluding carboxylic acids is 1. The lowest BCUT2D eigenvalue weighted by Crippen LogP contribution is -2.27. The summed E-state index contributed by atoms with van der Waals surface area (Å²) in [6.07, 6.45) is 2.56. The van der Waals surface area contributed by atoms with E-state index in [4.69, 9.17) is 4.11 Å². The molecule has 3 aromatic rings. The van der Waals surface area contributed by atoms with E-state index in [1.165, 1.54) is 12.5 Å². The van der Waals surface area contributed by atoms with Gasteiger partial charge in [0, 0.05) is 24.3 Å². The largest absolute Gasteiger partial charge is 0.364 e. The maximum absolute atomic E-state index is 12.4. The molecule has 1 aliphatic heterocycles. The van der Waals surface area contributed by atoms with Gasteiger partial charge in [0.1, 0.15) is 23.5 Å². The van der Waals surface area contributed by atoms with Crippen molar-refractivity contribution in [3.63, 3.8) is 0 Å². The molecule has 0 unspecified atom stereocenters. The number of amides is 1. The molecule has 9 nitrogen and oxygen atoms in total. The van der Waals surface area contributed by atoms with Crippen molar-refractivity contribution in [2.75, 3.05) is 24.2 Å². The Bertz CT molecular complexity index is 1090. The van der Waals surface area contributed by atoms with Crippen LogP contribution in [0.2, 0.25) is 0 Å². The molecule has 0 saturated carbocycles. The van der Waals surface area contributed by atoms with Crippen LogP contribution in [-0.2, 0) is 6.54 Å². The summed E-state index contributed by atoms with van der Waals surface area (Å²) >= 11 is 0. The number of nitrogens with zero attached hydrogens (tertiary/aromatic N) is 6. The highest BCUT2D eigenvalue weighted by Crippen LogP contribution is 2.37. The SMILES string of the molecule is [2H]C([2H])([2H])NC(=O)c1cncnc1Nc1cccc2c1N(C)Cc1nc(C)nn1-2. The molecule has 1 aliphatic rings. The lowest BCUT2D eigenvalue weighted by molar-refractivity contribution is 0.0963. The van der Waals surface area contributed by atoms with E-state index in [0.29, 0.717) is 18.1 Å². The standard InChI is InChI=1S/C17H18N8O/c1-10-21-14-8-24(3)15-12(5-4-6-13(15)25(14)23-10)22-16-11(17(26)18-2)7-19-9-20-16/h4-7,9H,8H2,1-3H3,(H,18,26)(H,19,20,22)/i2D3. The highest BCUT2D eigenvalue weighted by Gasteiger charge is 2.25. The Balaban J connectivity index is 1.74. The summed E-state index contributed by atoms with van der Waals surface area (Å²) in [7, 11) is 1.93. The summed E-state index contributed by atoms with van der Waals surface area (Å²) in [5.74, 6) is 0.915. The molecule has 2 aromatic heterocycles. The van der Waals surface area contributed by atoms with Crippen molar-refractivity contribution in [3.05, 3.63) is 47.9 Å². The molecule has 9 heteroatoms. The third-order valence-electron chi connectivity index (χ3n) is 4.11. The second kappa shape index (κ2) is 6.10. The molecule has 4 rings (SSSR count). The van der Waals surface area contributed by atoms with Crippen LogP contribution in [0.5, 0.6) is 0 Å². The van der Waals surface area contributed by atoms with E-state index < -0.39 is 12.9 Å². The van der Waals surface area contributed by atoms with Crippen LogP contribution < -0.4 is 15.5 Å². The first-order chi connectivity index (χ1) is 13.7. The normalized spacial score (nSPS) is 14.5. The second-order valence-corrected chi connectivity index (χ2v) is 5.88. The van der Waals surface area contributed by atoms with Crippen molar-refractivity contribution in [2.24, 2.45) is 0 Å². The first-order valence-corrected chi connectivity index (χ1v) is 7.89. The Hall–Kier alpha value is -3.49. The Morgan fingerprint density at radius 3 is 3.12 bits per heavy atom. The molecule has 0 spiro atoms. The average Bonchev–Trinajstić information content (AvgIpc) is 3.01. The van der Waals surface area contributed by atoms with Crippen molar-refractivity contribution < 1.29 is 8.91 Å². The Morgan fingerprint density at radius 1 is 1.38 bits per heavy atom. The Morgan fingerprint density at radius 2 is 2.27 bits per heavy atom. The molecular weight excluding hydrogens is 332 g/mol. The van der Waals surface area contributed by atoms with E-state index >= 15 is 0 Å². The van der Waals surface area contributed by atoms with Gasteiger partial charge < -0.3 is 15.5 Å². The molecule has 1 aromatic carbocycles. The number of aryl methyl sites for hydroxylation is 1. The van der Waals surface area contributed by atoms with Gasteiger partial charge in [0.25, 0.3) is 5.91 Å². The summed E-state index contributed by atoms with van der Waals surface area (Å²) in [6, 6.07) is 5.62. The first-order valence-electron chi connectivity index (χ1n) is 9.39. The van der Waals surface area contributed by atoms with Crippen LogP contribution in [0.15, 0.2) is 30.7 Å². The zero-order valence-electron chi connectivity index (χ0n) is 17.2. The van der Waals surface area contributed by atoms with Crippen LogP contribution in [-0.4, -0.2) is 44.7 Å². The number of benzene rings is 1.